The first-order valence-corrected chi connectivity index (χ1v) is 5.51. The summed E-state index contributed by atoms with van der Waals surface area (Å²) in [5.74, 6) is -3.24. The molecule has 2 heterocycles. The van der Waals surface area contributed by atoms with Gasteiger partial charge in [-0.3, -0.25) is 9.48 Å². The van der Waals surface area contributed by atoms with E-state index in [0.717, 1.165) is 6.21 Å². The molecule has 0 saturated heterocycles. The zero-order valence-electron chi connectivity index (χ0n) is 10.5. The van der Waals surface area contributed by atoms with Crippen molar-refractivity contribution in [1.82, 2.24) is 14.7 Å². The van der Waals surface area contributed by atoms with Gasteiger partial charge in [-0.2, -0.15) is 13.9 Å². The van der Waals surface area contributed by atoms with Crippen molar-refractivity contribution in [3.05, 3.63) is 17.5 Å². The molecule has 1 aromatic heterocycles. The Bertz CT molecular complexity index is 519. The van der Waals surface area contributed by atoms with Gasteiger partial charge in [-0.05, 0) is 6.07 Å². The summed E-state index contributed by atoms with van der Waals surface area (Å²) in [4.78, 5) is 13.1. The Balaban J connectivity index is 2.39. The highest BCUT2D eigenvalue weighted by atomic mass is 19.3. The molecule has 7 heteroatoms. The number of carbonyl (C=O) groups is 1. The molecular weight excluding hydrogens is 242 g/mol. The van der Waals surface area contributed by atoms with E-state index in [2.05, 4.69) is 5.10 Å². The summed E-state index contributed by atoms with van der Waals surface area (Å²) in [6, 6.07) is 1.56. The van der Waals surface area contributed by atoms with Crippen molar-refractivity contribution < 1.29 is 18.2 Å². The van der Waals surface area contributed by atoms with Crippen molar-refractivity contribution in [1.29, 1.82) is 0 Å². The number of hydrogen-bond donors (Lipinski definition) is 0. The van der Waals surface area contributed by atoms with Crippen molar-refractivity contribution >= 4 is 12.1 Å². The van der Waals surface area contributed by atoms with Crippen LogP contribution in [0.25, 0.3) is 0 Å². The van der Waals surface area contributed by atoms with Crippen LogP contribution in [-0.4, -0.2) is 58.4 Å². The summed E-state index contributed by atoms with van der Waals surface area (Å²) in [6.45, 7) is -0.226. The lowest BCUT2D eigenvalue weighted by molar-refractivity contribution is -0.513. The van der Waals surface area contributed by atoms with Crippen LogP contribution in [0.5, 0.6) is 0 Å². The van der Waals surface area contributed by atoms with Crippen LogP contribution in [-0.2, 0) is 13.1 Å². The number of halogens is 2. The third-order valence-corrected chi connectivity index (χ3v) is 2.67. The minimum atomic E-state index is -2.95. The number of fused-ring (bicyclic) bond motifs is 1. The smallest absolute Gasteiger partial charge is 0.341 e. The Morgan fingerprint density at radius 1 is 1.56 bits per heavy atom. The molecule has 0 unspecified atom stereocenters. The lowest BCUT2D eigenvalue weighted by Crippen LogP contribution is -2.28. The van der Waals surface area contributed by atoms with Gasteiger partial charge in [0, 0.05) is 14.1 Å². The molecule has 0 aliphatic carbocycles. The quantitative estimate of drug-likeness (QED) is 0.685. The zero-order valence-corrected chi connectivity index (χ0v) is 10.5. The number of alkyl halides is 2. The number of nitrogens with zero attached hydrogens (tertiary/aromatic N) is 4. The van der Waals surface area contributed by atoms with Crippen molar-refractivity contribution in [3.63, 3.8) is 0 Å². The standard InChI is InChI=1S/C11H15F2N4O/c1-15(2)10(18)9-4-8-5-16(3)6-11(12,13)7-17(8)14-9/h4,6H,5,7H2,1-3H3/q+1. The van der Waals surface area contributed by atoms with E-state index in [1.807, 2.05) is 0 Å². The molecule has 0 radical (unpaired) electrons. The van der Waals surface area contributed by atoms with Crippen LogP contribution in [0.15, 0.2) is 6.07 Å². The van der Waals surface area contributed by atoms with Crippen LogP contribution in [0.4, 0.5) is 8.78 Å². The first kappa shape index (κ1) is 12.7. The normalized spacial score (nSPS) is 17.7. The number of aromatic nitrogens is 2. The number of rotatable bonds is 1. The highest BCUT2D eigenvalue weighted by Gasteiger charge is 2.36. The molecule has 0 saturated carbocycles. The second kappa shape index (κ2) is 4.15. The molecule has 2 rings (SSSR count). The molecule has 1 aromatic rings. The molecule has 0 fully saturated rings. The van der Waals surface area contributed by atoms with E-state index >= 15 is 0 Å². The SMILES string of the molecule is CN(C)C(=O)c1cc2n(n1)CC(F)(F)C=[N+](C)C2. The summed E-state index contributed by atoms with van der Waals surface area (Å²) in [5, 5.41) is 3.96. The van der Waals surface area contributed by atoms with Gasteiger partial charge in [0.1, 0.15) is 19.3 Å². The van der Waals surface area contributed by atoms with Gasteiger partial charge in [0.25, 0.3) is 5.91 Å². The minimum absolute atomic E-state index is 0.195. The molecular formula is C11H15F2N4O+. The van der Waals surface area contributed by atoms with Gasteiger partial charge < -0.3 is 4.90 Å². The monoisotopic (exact) mass is 257 g/mol. The van der Waals surface area contributed by atoms with Gasteiger partial charge in [-0.15, -0.1) is 0 Å². The summed E-state index contributed by atoms with van der Waals surface area (Å²) < 4.78 is 29.6. The Kier molecular flexibility index (Phi) is 2.92. The molecule has 0 bridgehead atoms. The summed E-state index contributed by atoms with van der Waals surface area (Å²) >= 11 is 0. The van der Waals surface area contributed by atoms with Crippen LogP contribution in [0.2, 0.25) is 0 Å². The Morgan fingerprint density at radius 2 is 2.22 bits per heavy atom. The Hall–Kier alpha value is -1.79. The van der Waals surface area contributed by atoms with Gasteiger partial charge in [-0.1, -0.05) is 0 Å². The van der Waals surface area contributed by atoms with Gasteiger partial charge in [0.15, 0.2) is 12.2 Å². The maximum absolute atomic E-state index is 13.5. The molecule has 1 aliphatic rings. The lowest BCUT2D eigenvalue weighted by Gasteiger charge is -2.08. The van der Waals surface area contributed by atoms with Gasteiger partial charge in [0.2, 0.25) is 6.21 Å². The second-order valence-corrected chi connectivity index (χ2v) is 4.68. The van der Waals surface area contributed by atoms with E-state index < -0.39 is 12.5 Å². The highest BCUT2D eigenvalue weighted by Crippen LogP contribution is 2.19. The maximum Gasteiger partial charge on any atom is 0.341 e. The Morgan fingerprint density at radius 3 is 2.83 bits per heavy atom. The van der Waals surface area contributed by atoms with Crippen LogP contribution >= 0.6 is 0 Å². The third kappa shape index (κ3) is 2.39. The molecule has 18 heavy (non-hydrogen) atoms. The van der Waals surface area contributed by atoms with Crippen LogP contribution in [0.3, 0.4) is 0 Å². The number of hydrogen-bond acceptors (Lipinski definition) is 2. The molecule has 5 nitrogen and oxygen atoms in total. The fraction of sp³-hybridized carbons (Fsp3) is 0.545. The predicted octanol–water partition coefficient (Wildman–Crippen LogP) is 0.447. The zero-order chi connectivity index (χ0) is 13.5. The molecule has 0 aromatic carbocycles. The van der Waals surface area contributed by atoms with E-state index in [0.29, 0.717) is 12.2 Å². The molecule has 0 spiro atoms. The van der Waals surface area contributed by atoms with Crippen molar-refractivity contribution in [2.45, 2.75) is 19.0 Å². The summed E-state index contributed by atoms with van der Waals surface area (Å²) in [5.41, 5.74) is 0.803. The first-order chi connectivity index (χ1) is 8.28. The van der Waals surface area contributed by atoms with E-state index in [9.17, 15) is 13.6 Å². The Labute approximate surface area is 103 Å². The van der Waals surface area contributed by atoms with E-state index in [-0.39, 0.29) is 11.6 Å². The summed E-state index contributed by atoms with van der Waals surface area (Å²) in [7, 11) is 4.77. The van der Waals surface area contributed by atoms with Gasteiger partial charge in [0.05, 0.1) is 0 Å². The largest absolute Gasteiger partial charge is 0.343 e. The third-order valence-electron chi connectivity index (χ3n) is 2.67. The molecule has 1 amide bonds. The minimum Gasteiger partial charge on any atom is -0.343 e. The van der Waals surface area contributed by atoms with Crippen LogP contribution < -0.4 is 0 Å². The van der Waals surface area contributed by atoms with Crippen molar-refractivity contribution in [2.75, 3.05) is 21.1 Å². The predicted molar refractivity (Wildman–Crippen MR) is 61.1 cm³/mol. The van der Waals surface area contributed by atoms with Crippen LogP contribution in [0, 0.1) is 0 Å². The number of carbonyl (C=O) groups excluding carboxylic acids is 1. The summed E-state index contributed by atoms with van der Waals surface area (Å²) in [6.07, 6.45) is 0.884. The average Bonchev–Trinajstić information content (AvgIpc) is 2.53. The van der Waals surface area contributed by atoms with E-state index in [1.54, 1.807) is 27.2 Å². The van der Waals surface area contributed by atoms with Gasteiger partial charge in [-0.25, -0.2) is 4.58 Å². The average molecular weight is 257 g/mol. The first-order valence-electron chi connectivity index (χ1n) is 5.51. The maximum atomic E-state index is 13.5. The van der Waals surface area contributed by atoms with E-state index in [1.165, 1.54) is 14.2 Å². The highest BCUT2D eigenvalue weighted by molar-refractivity contribution is 5.92. The molecule has 98 valence electrons. The van der Waals surface area contributed by atoms with Crippen LogP contribution in [0.1, 0.15) is 16.2 Å². The molecule has 0 atom stereocenters. The van der Waals surface area contributed by atoms with Crippen molar-refractivity contribution in [2.24, 2.45) is 0 Å². The topological polar surface area (TPSA) is 41.1 Å². The molecule has 1 aliphatic heterocycles. The van der Waals surface area contributed by atoms with Crippen molar-refractivity contribution in [3.8, 4) is 0 Å². The van der Waals surface area contributed by atoms with E-state index in [4.69, 9.17) is 0 Å². The fourth-order valence-corrected chi connectivity index (χ4v) is 1.92. The van der Waals surface area contributed by atoms with Gasteiger partial charge >= 0.3 is 5.92 Å². The fourth-order valence-electron chi connectivity index (χ4n) is 1.92. The lowest BCUT2D eigenvalue weighted by atomic mass is 10.3. The molecule has 0 N–H and O–H groups in total. The number of amides is 1. The second-order valence-electron chi connectivity index (χ2n) is 4.68.